The largest absolute Gasteiger partial charge is 0.507 e. The molecule has 0 aliphatic carbocycles. The van der Waals surface area contributed by atoms with Crippen LogP contribution < -0.4 is 10.6 Å². The summed E-state index contributed by atoms with van der Waals surface area (Å²) in [6.07, 6.45) is 3.45. The SMILES string of the molecule is Cc1ccc(C(=O)NCCC2CCCNC2)c(O)c1. The van der Waals surface area contributed by atoms with Crippen molar-refractivity contribution in [3.05, 3.63) is 29.3 Å². The van der Waals surface area contributed by atoms with E-state index in [0.717, 1.165) is 25.1 Å². The smallest absolute Gasteiger partial charge is 0.255 e. The van der Waals surface area contributed by atoms with Crippen LogP contribution in [-0.2, 0) is 0 Å². The van der Waals surface area contributed by atoms with Gasteiger partial charge in [0.15, 0.2) is 0 Å². The van der Waals surface area contributed by atoms with E-state index < -0.39 is 0 Å². The molecule has 2 rings (SSSR count). The van der Waals surface area contributed by atoms with Gasteiger partial charge in [0.2, 0.25) is 0 Å². The second-order valence-electron chi connectivity index (χ2n) is 5.28. The number of benzene rings is 1. The number of phenols is 1. The van der Waals surface area contributed by atoms with E-state index in [-0.39, 0.29) is 11.7 Å². The maximum atomic E-state index is 11.9. The number of rotatable bonds is 4. The van der Waals surface area contributed by atoms with Gasteiger partial charge < -0.3 is 15.7 Å². The molecule has 1 fully saturated rings. The Balaban J connectivity index is 1.80. The van der Waals surface area contributed by atoms with Gasteiger partial charge >= 0.3 is 0 Å². The summed E-state index contributed by atoms with van der Waals surface area (Å²) in [5.41, 5.74) is 1.30. The van der Waals surface area contributed by atoms with Gasteiger partial charge in [0.25, 0.3) is 5.91 Å². The zero-order valence-corrected chi connectivity index (χ0v) is 11.4. The molecular weight excluding hydrogens is 240 g/mol. The highest BCUT2D eigenvalue weighted by Gasteiger charge is 2.14. The zero-order chi connectivity index (χ0) is 13.7. The first-order valence-corrected chi connectivity index (χ1v) is 6.95. The topological polar surface area (TPSA) is 61.4 Å². The Morgan fingerprint density at radius 1 is 1.53 bits per heavy atom. The molecule has 1 atom stereocenters. The summed E-state index contributed by atoms with van der Waals surface area (Å²) < 4.78 is 0. The predicted molar refractivity (Wildman–Crippen MR) is 75.4 cm³/mol. The second kappa shape index (κ2) is 6.57. The highest BCUT2D eigenvalue weighted by molar-refractivity contribution is 5.96. The van der Waals surface area contributed by atoms with Crippen LogP contribution in [0, 0.1) is 12.8 Å². The number of hydrogen-bond donors (Lipinski definition) is 3. The quantitative estimate of drug-likeness (QED) is 0.775. The molecule has 1 aliphatic rings. The summed E-state index contributed by atoms with van der Waals surface area (Å²) in [5, 5.41) is 16.0. The third-order valence-electron chi connectivity index (χ3n) is 3.63. The first-order chi connectivity index (χ1) is 9.16. The molecule has 1 heterocycles. The molecule has 1 amide bonds. The number of carbonyl (C=O) groups excluding carboxylic acids is 1. The van der Waals surface area contributed by atoms with E-state index in [1.807, 2.05) is 13.0 Å². The molecule has 104 valence electrons. The summed E-state index contributed by atoms with van der Waals surface area (Å²) in [7, 11) is 0. The van der Waals surface area contributed by atoms with Crippen molar-refractivity contribution in [3.8, 4) is 5.75 Å². The monoisotopic (exact) mass is 262 g/mol. The van der Waals surface area contributed by atoms with Crippen molar-refractivity contribution in [1.82, 2.24) is 10.6 Å². The fraction of sp³-hybridized carbons (Fsp3) is 0.533. The minimum absolute atomic E-state index is 0.0526. The van der Waals surface area contributed by atoms with Gasteiger partial charge in [-0.25, -0.2) is 0 Å². The van der Waals surface area contributed by atoms with Crippen LogP contribution >= 0.6 is 0 Å². The lowest BCUT2D eigenvalue weighted by Crippen LogP contribution is -2.33. The highest BCUT2D eigenvalue weighted by Crippen LogP contribution is 2.18. The van der Waals surface area contributed by atoms with E-state index in [9.17, 15) is 9.90 Å². The molecule has 1 aromatic rings. The Morgan fingerprint density at radius 2 is 2.37 bits per heavy atom. The molecule has 1 unspecified atom stereocenters. The van der Waals surface area contributed by atoms with Crippen LogP contribution in [0.3, 0.4) is 0 Å². The average molecular weight is 262 g/mol. The van der Waals surface area contributed by atoms with Gasteiger partial charge in [-0.3, -0.25) is 4.79 Å². The van der Waals surface area contributed by atoms with Crippen molar-refractivity contribution in [3.63, 3.8) is 0 Å². The number of carbonyl (C=O) groups is 1. The fourth-order valence-electron chi connectivity index (χ4n) is 2.49. The van der Waals surface area contributed by atoms with Crippen molar-refractivity contribution in [2.75, 3.05) is 19.6 Å². The molecule has 0 bridgehead atoms. The molecule has 19 heavy (non-hydrogen) atoms. The van der Waals surface area contributed by atoms with E-state index in [1.165, 1.54) is 12.8 Å². The molecule has 1 saturated heterocycles. The van der Waals surface area contributed by atoms with E-state index in [4.69, 9.17) is 0 Å². The normalized spacial score (nSPS) is 19.1. The summed E-state index contributed by atoms with van der Waals surface area (Å²) in [6.45, 7) is 4.71. The van der Waals surface area contributed by atoms with Crippen molar-refractivity contribution < 1.29 is 9.90 Å². The van der Waals surface area contributed by atoms with E-state index in [2.05, 4.69) is 10.6 Å². The number of aryl methyl sites for hydroxylation is 1. The average Bonchev–Trinajstić information content (AvgIpc) is 2.39. The summed E-state index contributed by atoms with van der Waals surface area (Å²) in [4.78, 5) is 11.9. The molecule has 0 aromatic heterocycles. The predicted octanol–water partition coefficient (Wildman–Crippen LogP) is 1.82. The van der Waals surface area contributed by atoms with Crippen molar-refractivity contribution in [1.29, 1.82) is 0 Å². The van der Waals surface area contributed by atoms with Gasteiger partial charge in [-0.2, -0.15) is 0 Å². The number of phenolic OH excluding ortho intramolecular Hbond substituents is 1. The highest BCUT2D eigenvalue weighted by atomic mass is 16.3. The Kier molecular flexibility index (Phi) is 4.80. The minimum Gasteiger partial charge on any atom is -0.507 e. The molecule has 4 nitrogen and oxygen atoms in total. The third kappa shape index (κ3) is 3.96. The molecule has 1 aliphatic heterocycles. The van der Waals surface area contributed by atoms with Crippen molar-refractivity contribution in [2.45, 2.75) is 26.2 Å². The lowest BCUT2D eigenvalue weighted by Gasteiger charge is -2.22. The van der Waals surface area contributed by atoms with Crippen LogP contribution in [-0.4, -0.2) is 30.6 Å². The van der Waals surface area contributed by atoms with Gasteiger partial charge in [0, 0.05) is 6.54 Å². The van der Waals surface area contributed by atoms with Crippen LogP contribution in [0.15, 0.2) is 18.2 Å². The fourth-order valence-corrected chi connectivity index (χ4v) is 2.49. The number of piperidine rings is 1. The van der Waals surface area contributed by atoms with Crippen LogP contribution in [0.5, 0.6) is 5.75 Å². The lowest BCUT2D eigenvalue weighted by atomic mass is 9.96. The Hall–Kier alpha value is -1.55. The maximum absolute atomic E-state index is 11.9. The molecule has 0 spiro atoms. The third-order valence-corrected chi connectivity index (χ3v) is 3.63. The van der Waals surface area contributed by atoms with Gasteiger partial charge in [-0.1, -0.05) is 6.07 Å². The maximum Gasteiger partial charge on any atom is 0.255 e. The molecule has 0 saturated carbocycles. The molecule has 0 radical (unpaired) electrons. The van der Waals surface area contributed by atoms with Crippen LogP contribution in [0.4, 0.5) is 0 Å². The van der Waals surface area contributed by atoms with Crippen molar-refractivity contribution in [2.24, 2.45) is 5.92 Å². The van der Waals surface area contributed by atoms with Crippen molar-refractivity contribution >= 4 is 5.91 Å². The van der Waals surface area contributed by atoms with Gasteiger partial charge in [0.05, 0.1) is 5.56 Å². The summed E-state index contributed by atoms with van der Waals surface area (Å²) >= 11 is 0. The van der Waals surface area contributed by atoms with E-state index in [0.29, 0.717) is 18.0 Å². The van der Waals surface area contributed by atoms with Gasteiger partial charge in [0.1, 0.15) is 5.75 Å². The number of nitrogens with one attached hydrogen (secondary N) is 2. The van der Waals surface area contributed by atoms with E-state index in [1.54, 1.807) is 12.1 Å². The Labute approximate surface area is 114 Å². The standard InChI is InChI=1S/C15H22N2O2/c1-11-4-5-13(14(18)9-11)15(19)17-8-6-12-3-2-7-16-10-12/h4-5,9,12,16,18H,2-3,6-8,10H2,1H3,(H,17,19). The lowest BCUT2D eigenvalue weighted by molar-refractivity contribution is 0.0948. The Bertz CT molecular complexity index is 440. The molecule has 3 N–H and O–H groups in total. The van der Waals surface area contributed by atoms with Crippen LogP contribution in [0.25, 0.3) is 0 Å². The van der Waals surface area contributed by atoms with Crippen LogP contribution in [0.2, 0.25) is 0 Å². The van der Waals surface area contributed by atoms with Crippen LogP contribution in [0.1, 0.15) is 35.2 Å². The second-order valence-corrected chi connectivity index (χ2v) is 5.28. The van der Waals surface area contributed by atoms with Gasteiger partial charge in [-0.05, 0) is 62.9 Å². The van der Waals surface area contributed by atoms with E-state index >= 15 is 0 Å². The molecule has 1 aromatic carbocycles. The first kappa shape index (κ1) is 13.9. The summed E-state index contributed by atoms with van der Waals surface area (Å²) in [6, 6.07) is 5.11. The molecule has 4 heteroatoms. The number of amides is 1. The number of aromatic hydroxyl groups is 1. The summed E-state index contributed by atoms with van der Waals surface area (Å²) in [5.74, 6) is 0.513. The molecular formula is C15H22N2O2. The Morgan fingerprint density at radius 3 is 3.05 bits per heavy atom. The minimum atomic E-state index is -0.193. The van der Waals surface area contributed by atoms with Gasteiger partial charge in [-0.15, -0.1) is 0 Å². The zero-order valence-electron chi connectivity index (χ0n) is 11.4. The first-order valence-electron chi connectivity index (χ1n) is 6.95. The number of hydrogen-bond acceptors (Lipinski definition) is 3.